The molecular weight excluding hydrogens is 286 g/mol. The van der Waals surface area contributed by atoms with E-state index >= 15 is 0 Å². The molecule has 2 amide bonds. The third kappa shape index (κ3) is 1.30. The van der Waals surface area contributed by atoms with Crippen molar-refractivity contribution in [2.45, 2.75) is 25.7 Å². The fourth-order valence-corrected chi connectivity index (χ4v) is 6.65. The Bertz CT molecular complexity index is 736. The summed E-state index contributed by atoms with van der Waals surface area (Å²) < 4.78 is 0. The molecule has 0 radical (unpaired) electrons. The van der Waals surface area contributed by atoms with E-state index in [0.29, 0.717) is 11.8 Å². The summed E-state index contributed by atoms with van der Waals surface area (Å²) in [7, 11) is 0. The minimum Gasteiger partial charge on any atom is -0.274 e. The second-order valence-corrected chi connectivity index (χ2v) is 7.97. The molecule has 1 aliphatic heterocycles. The molecule has 0 spiro atoms. The van der Waals surface area contributed by atoms with Crippen molar-refractivity contribution < 1.29 is 9.59 Å². The summed E-state index contributed by atoms with van der Waals surface area (Å²) >= 11 is 0. The highest BCUT2D eigenvalue weighted by molar-refractivity contribution is 6.23. The van der Waals surface area contributed by atoms with Crippen molar-refractivity contribution in [3.63, 3.8) is 0 Å². The van der Waals surface area contributed by atoms with E-state index in [1.54, 1.807) is 11.1 Å². The molecule has 3 nitrogen and oxygen atoms in total. The largest absolute Gasteiger partial charge is 0.274 e. The monoisotopic (exact) mass is 305 g/mol. The smallest absolute Gasteiger partial charge is 0.238 e. The van der Waals surface area contributed by atoms with Crippen LogP contribution in [0, 0.1) is 35.5 Å². The van der Waals surface area contributed by atoms with Crippen LogP contribution < -0.4 is 4.90 Å². The third-order valence-electron chi connectivity index (χ3n) is 7.23. The van der Waals surface area contributed by atoms with Crippen molar-refractivity contribution in [2.24, 2.45) is 35.5 Å². The lowest BCUT2D eigenvalue weighted by molar-refractivity contribution is -0.123. The lowest BCUT2D eigenvalue weighted by atomic mass is 9.72. The predicted molar refractivity (Wildman–Crippen MR) is 85.4 cm³/mol. The van der Waals surface area contributed by atoms with E-state index in [9.17, 15) is 9.59 Å². The molecule has 4 aliphatic carbocycles. The van der Waals surface area contributed by atoms with Gasteiger partial charge in [0, 0.05) is 0 Å². The molecule has 0 unspecified atom stereocenters. The molecule has 4 bridgehead atoms. The first-order valence-corrected chi connectivity index (χ1v) is 8.92. The number of imide groups is 1. The summed E-state index contributed by atoms with van der Waals surface area (Å²) in [5.41, 5.74) is 4.01. The summed E-state index contributed by atoms with van der Waals surface area (Å²) in [5, 5.41) is 0. The van der Waals surface area contributed by atoms with Gasteiger partial charge >= 0.3 is 0 Å². The molecular formula is C20H19NO2. The van der Waals surface area contributed by atoms with Crippen molar-refractivity contribution in [3.05, 3.63) is 41.5 Å². The highest BCUT2D eigenvalue weighted by Crippen LogP contribution is 2.68. The average molecular weight is 305 g/mol. The Labute approximate surface area is 135 Å². The minimum absolute atomic E-state index is 0.0630. The van der Waals surface area contributed by atoms with Crippen LogP contribution in [-0.4, -0.2) is 11.8 Å². The molecule has 1 saturated heterocycles. The molecule has 1 heterocycles. The van der Waals surface area contributed by atoms with Gasteiger partial charge in [-0.1, -0.05) is 29.3 Å². The maximum atomic E-state index is 13.1. The Morgan fingerprint density at radius 2 is 1.35 bits per heavy atom. The Hall–Kier alpha value is -1.90. The standard InChI is InChI=1S/C20H19NO2/c22-19-17-13-9-14(16-11-7-6-10(8-11)15(13)16)18(17)20(23)21(19)12-4-2-1-3-5-12/h1-5,10-11,13-14,17-18H,6-9H2/t10-,11-,13-,14-,17+,18+/m0/s1. The number of allylic oxidation sites excluding steroid dienone is 2. The Balaban J connectivity index is 1.44. The van der Waals surface area contributed by atoms with Crippen LogP contribution in [0.5, 0.6) is 0 Å². The number of fused-ring (bicyclic) bond motifs is 11. The molecule has 1 aromatic rings. The number of hydrogen-bond acceptors (Lipinski definition) is 2. The van der Waals surface area contributed by atoms with Gasteiger partial charge in [-0.15, -0.1) is 0 Å². The predicted octanol–water partition coefficient (Wildman–Crippen LogP) is 3.17. The van der Waals surface area contributed by atoms with Crippen molar-refractivity contribution >= 4 is 17.5 Å². The lowest BCUT2D eigenvalue weighted by Gasteiger charge is -2.29. The molecule has 116 valence electrons. The zero-order valence-corrected chi connectivity index (χ0v) is 12.9. The van der Waals surface area contributed by atoms with E-state index in [-0.39, 0.29) is 23.7 Å². The van der Waals surface area contributed by atoms with Crippen LogP contribution in [0.2, 0.25) is 0 Å². The van der Waals surface area contributed by atoms with Gasteiger partial charge in [0.15, 0.2) is 0 Å². The number of anilines is 1. The third-order valence-corrected chi connectivity index (χ3v) is 7.23. The Morgan fingerprint density at radius 1 is 0.783 bits per heavy atom. The molecule has 0 N–H and O–H groups in total. The fourth-order valence-electron chi connectivity index (χ4n) is 6.65. The summed E-state index contributed by atoms with van der Waals surface area (Å²) in [6.07, 6.45) is 5.01. The fraction of sp³-hybridized carbons (Fsp3) is 0.500. The van der Waals surface area contributed by atoms with Crippen LogP contribution in [-0.2, 0) is 9.59 Å². The van der Waals surface area contributed by atoms with E-state index in [0.717, 1.165) is 23.9 Å². The Kier molecular flexibility index (Phi) is 2.15. The lowest BCUT2D eigenvalue weighted by Crippen LogP contribution is -2.33. The number of carbonyl (C=O) groups is 2. The van der Waals surface area contributed by atoms with Crippen molar-refractivity contribution in [2.75, 3.05) is 4.90 Å². The molecule has 3 fully saturated rings. The maximum absolute atomic E-state index is 13.1. The number of carbonyl (C=O) groups excluding carboxylic acids is 2. The van der Waals surface area contributed by atoms with E-state index < -0.39 is 0 Å². The van der Waals surface area contributed by atoms with Gasteiger partial charge in [-0.3, -0.25) is 14.5 Å². The molecule has 0 aromatic heterocycles. The van der Waals surface area contributed by atoms with Crippen LogP contribution >= 0.6 is 0 Å². The highest BCUT2D eigenvalue weighted by Gasteiger charge is 2.67. The van der Waals surface area contributed by atoms with Crippen molar-refractivity contribution in [3.8, 4) is 0 Å². The van der Waals surface area contributed by atoms with Gasteiger partial charge < -0.3 is 0 Å². The molecule has 6 atom stereocenters. The summed E-state index contributed by atoms with van der Waals surface area (Å²) in [4.78, 5) is 27.6. The van der Waals surface area contributed by atoms with Crippen LogP contribution in [0.15, 0.2) is 41.5 Å². The second kappa shape index (κ2) is 3.95. The molecule has 2 saturated carbocycles. The van der Waals surface area contributed by atoms with E-state index in [1.807, 2.05) is 30.3 Å². The minimum atomic E-state index is -0.0641. The van der Waals surface area contributed by atoms with Gasteiger partial charge in [0.1, 0.15) is 0 Å². The maximum Gasteiger partial charge on any atom is 0.238 e. The van der Waals surface area contributed by atoms with Crippen molar-refractivity contribution in [1.82, 2.24) is 0 Å². The van der Waals surface area contributed by atoms with E-state index in [1.165, 1.54) is 24.2 Å². The average Bonchev–Trinajstić information content (AvgIpc) is 3.33. The molecule has 5 aliphatic rings. The quantitative estimate of drug-likeness (QED) is 0.454. The normalized spacial score (nSPS) is 42.9. The SMILES string of the molecule is O=C1[C@H]2[C@H](C(=O)N1c1ccccc1)[C@H]1C[C@H]2C2=C1[C@H]1CC[C@H]2C1. The molecule has 1 aromatic carbocycles. The topological polar surface area (TPSA) is 37.4 Å². The summed E-state index contributed by atoms with van der Waals surface area (Å²) in [6, 6.07) is 9.48. The number of amides is 2. The first-order chi connectivity index (χ1) is 11.3. The molecule has 6 rings (SSSR count). The van der Waals surface area contributed by atoms with E-state index in [4.69, 9.17) is 0 Å². The van der Waals surface area contributed by atoms with Gasteiger partial charge in [0.2, 0.25) is 11.8 Å². The van der Waals surface area contributed by atoms with Crippen LogP contribution in [0.1, 0.15) is 25.7 Å². The van der Waals surface area contributed by atoms with Crippen LogP contribution in [0.3, 0.4) is 0 Å². The number of benzene rings is 1. The van der Waals surface area contributed by atoms with Gasteiger partial charge in [-0.2, -0.15) is 0 Å². The Morgan fingerprint density at radius 3 is 1.91 bits per heavy atom. The summed E-state index contributed by atoms with van der Waals surface area (Å²) in [6.45, 7) is 0. The zero-order valence-electron chi connectivity index (χ0n) is 12.9. The highest BCUT2D eigenvalue weighted by atomic mass is 16.2. The van der Waals surface area contributed by atoms with Gasteiger partial charge in [0.25, 0.3) is 0 Å². The number of nitrogens with zero attached hydrogens (tertiary/aromatic N) is 1. The molecule has 3 heteroatoms. The van der Waals surface area contributed by atoms with E-state index in [2.05, 4.69) is 0 Å². The number of rotatable bonds is 1. The van der Waals surface area contributed by atoms with Crippen LogP contribution in [0.4, 0.5) is 5.69 Å². The van der Waals surface area contributed by atoms with Crippen LogP contribution in [0.25, 0.3) is 0 Å². The zero-order chi connectivity index (χ0) is 15.3. The van der Waals surface area contributed by atoms with Gasteiger partial charge in [0.05, 0.1) is 17.5 Å². The van der Waals surface area contributed by atoms with Crippen molar-refractivity contribution in [1.29, 1.82) is 0 Å². The number of hydrogen-bond donors (Lipinski definition) is 0. The first-order valence-electron chi connectivity index (χ1n) is 8.92. The van der Waals surface area contributed by atoms with Gasteiger partial charge in [-0.25, -0.2) is 0 Å². The number of para-hydroxylation sites is 1. The second-order valence-electron chi connectivity index (χ2n) is 7.97. The first kappa shape index (κ1) is 12.5. The molecule has 23 heavy (non-hydrogen) atoms. The van der Waals surface area contributed by atoms with Gasteiger partial charge in [-0.05, 0) is 61.5 Å². The summed E-state index contributed by atoms with van der Waals surface area (Å²) in [5.74, 6) is 2.22.